The Labute approximate surface area is 185 Å². The lowest BCUT2D eigenvalue weighted by atomic mass is 10.2. The Morgan fingerprint density at radius 1 is 1.16 bits per heavy atom. The molecule has 9 heteroatoms. The largest absolute Gasteiger partial charge is 0.423 e. The molecule has 2 amide bonds. The van der Waals surface area contributed by atoms with Crippen molar-refractivity contribution in [2.45, 2.75) is 6.42 Å². The van der Waals surface area contributed by atoms with E-state index in [1.54, 1.807) is 42.5 Å². The molecule has 1 fully saturated rings. The van der Waals surface area contributed by atoms with E-state index in [9.17, 15) is 18.8 Å². The summed E-state index contributed by atoms with van der Waals surface area (Å²) in [4.78, 5) is 37.9. The summed E-state index contributed by atoms with van der Waals surface area (Å²) in [5.74, 6) is -1.09. The SMILES string of the molecule is O=C(CCN1C(=O)/C(=C/c2ccccc2F)SC1=S)Nc1ccc2oc(=O)ccc2c1. The zero-order valence-corrected chi connectivity index (χ0v) is 17.6. The summed E-state index contributed by atoms with van der Waals surface area (Å²) in [6.07, 6.45) is 1.49. The first-order valence-electron chi connectivity index (χ1n) is 9.24. The van der Waals surface area contributed by atoms with Gasteiger partial charge in [0.2, 0.25) is 5.91 Å². The zero-order chi connectivity index (χ0) is 22.0. The number of hydrogen-bond acceptors (Lipinski definition) is 6. The number of fused-ring (bicyclic) bond motifs is 1. The smallest absolute Gasteiger partial charge is 0.336 e. The molecule has 3 aromatic rings. The molecule has 1 aliphatic rings. The van der Waals surface area contributed by atoms with Gasteiger partial charge < -0.3 is 9.73 Å². The maximum Gasteiger partial charge on any atom is 0.336 e. The molecule has 0 spiro atoms. The number of carbonyl (C=O) groups excluding carboxylic acids is 2. The second-order valence-electron chi connectivity index (χ2n) is 6.66. The summed E-state index contributed by atoms with van der Waals surface area (Å²) in [6.45, 7) is 0.105. The van der Waals surface area contributed by atoms with E-state index in [-0.39, 0.29) is 24.8 Å². The molecule has 156 valence electrons. The normalized spacial score (nSPS) is 15.1. The summed E-state index contributed by atoms with van der Waals surface area (Å²) in [5.41, 5.74) is 0.811. The zero-order valence-electron chi connectivity index (χ0n) is 16.0. The number of amides is 2. The fourth-order valence-corrected chi connectivity index (χ4v) is 4.31. The first kappa shape index (κ1) is 21.0. The van der Waals surface area contributed by atoms with Crippen molar-refractivity contribution in [1.29, 1.82) is 0 Å². The van der Waals surface area contributed by atoms with Gasteiger partial charge in [-0.3, -0.25) is 14.5 Å². The first-order chi connectivity index (χ1) is 14.9. The van der Waals surface area contributed by atoms with Gasteiger partial charge in [0.1, 0.15) is 15.7 Å². The van der Waals surface area contributed by atoms with E-state index >= 15 is 0 Å². The third-order valence-electron chi connectivity index (χ3n) is 4.53. The summed E-state index contributed by atoms with van der Waals surface area (Å²) in [7, 11) is 0. The van der Waals surface area contributed by atoms with Crippen LogP contribution in [0, 0.1) is 5.82 Å². The lowest BCUT2D eigenvalue weighted by molar-refractivity contribution is -0.122. The van der Waals surface area contributed by atoms with Crippen LogP contribution in [0.25, 0.3) is 17.0 Å². The molecule has 0 bridgehead atoms. The van der Waals surface area contributed by atoms with Crippen LogP contribution in [0.3, 0.4) is 0 Å². The molecule has 0 radical (unpaired) electrons. The van der Waals surface area contributed by atoms with E-state index in [0.29, 0.717) is 31.4 Å². The number of halogens is 1. The molecule has 0 atom stereocenters. The average Bonchev–Trinajstić information content (AvgIpc) is 3.01. The van der Waals surface area contributed by atoms with E-state index in [2.05, 4.69) is 5.32 Å². The van der Waals surface area contributed by atoms with Crippen LogP contribution in [0.4, 0.5) is 10.1 Å². The summed E-state index contributed by atoms with van der Waals surface area (Å²) in [6, 6.07) is 14.0. The standard InChI is InChI=1S/C22H15FN2O4S2/c23-16-4-2-1-3-13(16)12-18-21(28)25(22(30)31-18)10-9-19(26)24-15-6-7-17-14(11-15)5-8-20(27)29-17/h1-8,11-12H,9-10H2,(H,24,26)/b18-12-. The monoisotopic (exact) mass is 454 g/mol. The Balaban J connectivity index is 1.39. The van der Waals surface area contributed by atoms with Crippen LogP contribution < -0.4 is 10.9 Å². The second-order valence-corrected chi connectivity index (χ2v) is 8.34. The van der Waals surface area contributed by atoms with Gasteiger partial charge in [-0.2, -0.15) is 0 Å². The van der Waals surface area contributed by atoms with E-state index in [4.69, 9.17) is 16.6 Å². The van der Waals surface area contributed by atoms with Gasteiger partial charge in [0, 0.05) is 35.7 Å². The second kappa shape index (κ2) is 8.83. The van der Waals surface area contributed by atoms with Crippen molar-refractivity contribution in [3.63, 3.8) is 0 Å². The Hall–Kier alpha value is -3.30. The fraction of sp³-hybridized carbons (Fsp3) is 0.0909. The van der Waals surface area contributed by atoms with Gasteiger partial charge in [0.25, 0.3) is 5.91 Å². The van der Waals surface area contributed by atoms with Gasteiger partial charge >= 0.3 is 5.63 Å². The molecule has 0 unspecified atom stereocenters. The molecule has 1 aliphatic heterocycles. The van der Waals surface area contributed by atoms with Crippen LogP contribution in [0.2, 0.25) is 0 Å². The van der Waals surface area contributed by atoms with Crippen LogP contribution in [-0.4, -0.2) is 27.6 Å². The molecule has 1 saturated heterocycles. The summed E-state index contributed by atoms with van der Waals surface area (Å²) < 4.78 is 19.2. The highest BCUT2D eigenvalue weighted by molar-refractivity contribution is 8.26. The van der Waals surface area contributed by atoms with Crippen molar-refractivity contribution >= 4 is 62.8 Å². The van der Waals surface area contributed by atoms with Gasteiger partial charge in [-0.25, -0.2) is 9.18 Å². The highest BCUT2D eigenvalue weighted by atomic mass is 32.2. The first-order valence-corrected chi connectivity index (χ1v) is 10.5. The number of nitrogens with zero attached hydrogens (tertiary/aromatic N) is 1. The molecule has 4 rings (SSSR count). The van der Waals surface area contributed by atoms with Crippen LogP contribution >= 0.6 is 24.0 Å². The van der Waals surface area contributed by atoms with Gasteiger partial charge in [-0.05, 0) is 36.4 Å². The van der Waals surface area contributed by atoms with Crippen molar-refractivity contribution in [2.75, 3.05) is 11.9 Å². The number of benzene rings is 2. The predicted molar refractivity (Wildman–Crippen MR) is 122 cm³/mol. The molecule has 2 aromatic carbocycles. The molecule has 0 aliphatic carbocycles. The fourth-order valence-electron chi connectivity index (χ4n) is 3.01. The van der Waals surface area contributed by atoms with E-state index in [1.807, 2.05) is 0 Å². The van der Waals surface area contributed by atoms with Crippen molar-refractivity contribution in [3.8, 4) is 0 Å². The van der Waals surface area contributed by atoms with Crippen LogP contribution in [-0.2, 0) is 9.59 Å². The van der Waals surface area contributed by atoms with Crippen LogP contribution in [0.5, 0.6) is 0 Å². The average molecular weight is 455 g/mol. The molecule has 1 aromatic heterocycles. The Bertz CT molecular complexity index is 1300. The Kier molecular flexibility index (Phi) is 5.97. The number of thioether (sulfide) groups is 1. The maximum absolute atomic E-state index is 13.9. The van der Waals surface area contributed by atoms with Gasteiger partial charge in [0.15, 0.2) is 0 Å². The van der Waals surface area contributed by atoms with Crippen molar-refractivity contribution in [1.82, 2.24) is 4.90 Å². The maximum atomic E-state index is 13.9. The third kappa shape index (κ3) is 4.73. The Morgan fingerprint density at radius 3 is 2.77 bits per heavy atom. The van der Waals surface area contributed by atoms with Crippen molar-refractivity contribution in [3.05, 3.63) is 81.3 Å². The topological polar surface area (TPSA) is 79.6 Å². The van der Waals surface area contributed by atoms with Gasteiger partial charge in [0.05, 0.1) is 4.91 Å². The highest BCUT2D eigenvalue weighted by Gasteiger charge is 2.32. The van der Waals surface area contributed by atoms with Crippen molar-refractivity contribution < 1.29 is 18.4 Å². The van der Waals surface area contributed by atoms with E-state index < -0.39 is 11.4 Å². The summed E-state index contributed by atoms with van der Waals surface area (Å²) in [5, 5.41) is 3.42. The number of hydrogen-bond donors (Lipinski definition) is 1. The third-order valence-corrected chi connectivity index (χ3v) is 5.91. The van der Waals surface area contributed by atoms with Gasteiger partial charge in [-0.1, -0.05) is 42.2 Å². The number of nitrogens with one attached hydrogen (secondary N) is 1. The number of rotatable bonds is 5. The van der Waals surface area contributed by atoms with Crippen LogP contribution in [0.15, 0.2) is 68.7 Å². The molecular formula is C22H15FN2O4S2. The minimum Gasteiger partial charge on any atom is -0.423 e. The quantitative estimate of drug-likeness (QED) is 0.354. The van der Waals surface area contributed by atoms with E-state index in [0.717, 1.165) is 11.8 Å². The van der Waals surface area contributed by atoms with Crippen molar-refractivity contribution in [2.24, 2.45) is 0 Å². The number of anilines is 1. The molecular weight excluding hydrogens is 439 g/mol. The lowest BCUT2D eigenvalue weighted by Crippen LogP contribution is -2.31. The molecule has 0 saturated carbocycles. The molecule has 1 N–H and O–H groups in total. The minimum absolute atomic E-state index is 0.0291. The number of carbonyl (C=O) groups is 2. The van der Waals surface area contributed by atoms with E-state index in [1.165, 1.54) is 23.1 Å². The van der Waals surface area contributed by atoms with Gasteiger partial charge in [-0.15, -0.1) is 0 Å². The summed E-state index contributed by atoms with van der Waals surface area (Å²) >= 11 is 6.33. The van der Waals surface area contributed by atoms with Crippen LogP contribution in [0.1, 0.15) is 12.0 Å². The lowest BCUT2D eigenvalue weighted by Gasteiger charge is -2.14. The predicted octanol–water partition coefficient (Wildman–Crippen LogP) is 4.16. The molecule has 31 heavy (non-hydrogen) atoms. The highest BCUT2D eigenvalue weighted by Crippen LogP contribution is 2.33. The molecule has 6 nitrogen and oxygen atoms in total. The number of thiocarbonyl (C=S) groups is 1. The minimum atomic E-state index is -0.447. The Morgan fingerprint density at radius 2 is 1.97 bits per heavy atom. The molecule has 2 heterocycles.